The van der Waals surface area contributed by atoms with Gasteiger partial charge in [0.05, 0.1) is 13.2 Å². The third-order valence-corrected chi connectivity index (χ3v) is 3.42. The SMILES string of the molecule is CCNC(c1ccc(F)c(OC)c1)c1ccccc1C. The summed E-state index contributed by atoms with van der Waals surface area (Å²) in [6.07, 6.45) is 0. The van der Waals surface area contributed by atoms with Gasteiger partial charge < -0.3 is 10.1 Å². The van der Waals surface area contributed by atoms with E-state index in [4.69, 9.17) is 4.74 Å². The van der Waals surface area contributed by atoms with Crippen LogP contribution < -0.4 is 10.1 Å². The van der Waals surface area contributed by atoms with Crippen molar-refractivity contribution in [3.63, 3.8) is 0 Å². The van der Waals surface area contributed by atoms with E-state index in [-0.39, 0.29) is 17.6 Å². The van der Waals surface area contributed by atoms with Gasteiger partial charge in [0.15, 0.2) is 11.6 Å². The first kappa shape index (κ1) is 14.5. The molecular weight excluding hydrogens is 253 g/mol. The summed E-state index contributed by atoms with van der Waals surface area (Å²) in [4.78, 5) is 0. The van der Waals surface area contributed by atoms with Gasteiger partial charge in [-0.25, -0.2) is 4.39 Å². The summed E-state index contributed by atoms with van der Waals surface area (Å²) in [5.74, 6) is -0.0599. The number of hydrogen-bond donors (Lipinski definition) is 1. The molecule has 0 radical (unpaired) electrons. The fourth-order valence-corrected chi connectivity index (χ4v) is 2.38. The fraction of sp³-hybridized carbons (Fsp3) is 0.294. The van der Waals surface area contributed by atoms with Crippen LogP contribution in [0.4, 0.5) is 4.39 Å². The summed E-state index contributed by atoms with van der Waals surface area (Å²) in [6.45, 7) is 4.98. The van der Waals surface area contributed by atoms with Crippen molar-refractivity contribution in [2.45, 2.75) is 19.9 Å². The van der Waals surface area contributed by atoms with Crippen LogP contribution in [-0.4, -0.2) is 13.7 Å². The van der Waals surface area contributed by atoms with Crippen molar-refractivity contribution in [2.24, 2.45) is 0 Å². The molecule has 1 unspecified atom stereocenters. The summed E-state index contributed by atoms with van der Waals surface area (Å²) < 4.78 is 18.6. The lowest BCUT2D eigenvalue weighted by Crippen LogP contribution is -2.22. The topological polar surface area (TPSA) is 21.3 Å². The van der Waals surface area contributed by atoms with Crippen molar-refractivity contribution in [3.05, 3.63) is 65.0 Å². The molecule has 2 nitrogen and oxygen atoms in total. The van der Waals surface area contributed by atoms with Crippen molar-refractivity contribution >= 4 is 0 Å². The second-order valence-electron chi connectivity index (χ2n) is 4.74. The number of benzene rings is 2. The normalized spacial score (nSPS) is 12.2. The zero-order valence-electron chi connectivity index (χ0n) is 12.1. The van der Waals surface area contributed by atoms with Crippen molar-refractivity contribution in [1.82, 2.24) is 5.32 Å². The first-order valence-corrected chi connectivity index (χ1v) is 6.79. The van der Waals surface area contributed by atoms with Gasteiger partial charge >= 0.3 is 0 Å². The Hall–Kier alpha value is -1.87. The molecule has 20 heavy (non-hydrogen) atoms. The van der Waals surface area contributed by atoms with Crippen LogP contribution >= 0.6 is 0 Å². The molecule has 106 valence electrons. The standard InChI is InChI=1S/C17H20FNO/c1-4-19-17(14-8-6-5-7-12(14)2)13-9-10-15(18)16(11-13)20-3/h5-11,17,19H,4H2,1-3H3. The van der Waals surface area contributed by atoms with E-state index in [1.54, 1.807) is 12.1 Å². The van der Waals surface area contributed by atoms with E-state index < -0.39 is 0 Å². The van der Waals surface area contributed by atoms with Crippen LogP contribution in [0, 0.1) is 12.7 Å². The van der Waals surface area contributed by atoms with Crippen LogP contribution in [-0.2, 0) is 0 Å². The third-order valence-electron chi connectivity index (χ3n) is 3.42. The van der Waals surface area contributed by atoms with Crippen molar-refractivity contribution in [3.8, 4) is 5.75 Å². The zero-order chi connectivity index (χ0) is 14.5. The maximum absolute atomic E-state index is 13.6. The monoisotopic (exact) mass is 273 g/mol. The van der Waals surface area contributed by atoms with Gasteiger partial charge in [-0.15, -0.1) is 0 Å². The minimum atomic E-state index is -0.337. The second kappa shape index (κ2) is 6.53. The van der Waals surface area contributed by atoms with Gasteiger partial charge in [-0.3, -0.25) is 0 Å². The number of ether oxygens (including phenoxy) is 1. The van der Waals surface area contributed by atoms with Gasteiger partial charge in [-0.2, -0.15) is 0 Å². The minimum absolute atomic E-state index is 0.0377. The van der Waals surface area contributed by atoms with Crippen LogP contribution in [0.1, 0.15) is 29.7 Å². The Kier molecular flexibility index (Phi) is 4.74. The average Bonchev–Trinajstić information content (AvgIpc) is 2.46. The molecule has 2 rings (SSSR count). The summed E-state index contributed by atoms with van der Waals surface area (Å²) in [5, 5.41) is 3.45. The molecule has 0 aliphatic heterocycles. The highest BCUT2D eigenvalue weighted by molar-refractivity contribution is 5.40. The second-order valence-corrected chi connectivity index (χ2v) is 4.74. The number of halogens is 1. The van der Waals surface area contributed by atoms with Crippen molar-refractivity contribution in [1.29, 1.82) is 0 Å². The predicted octanol–water partition coefficient (Wildman–Crippen LogP) is 3.84. The number of rotatable bonds is 5. The predicted molar refractivity (Wildman–Crippen MR) is 79.7 cm³/mol. The summed E-state index contributed by atoms with van der Waals surface area (Å²) in [6, 6.07) is 13.3. The molecule has 0 saturated heterocycles. The molecule has 1 atom stereocenters. The molecule has 0 spiro atoms. The van der Waals surface area contributed by atoms with E-state index in [1.807, 2.05) is 12.1 Å². The van der Waals surface area contributed by atoms with Gasteiger partial charge in [0.2, 0.25) is 0 Å². The highest BCUT2D eigenvalue weighted by Gasteiger charge is 2.16. The Balaban J connectivity index is 2.46. The molecule has 0 fully saturated rings. The number of methoxy groups -OCH3 is 1. The Labute approximate surface area is 119 Å². The summed E-state index contributed by atoms with van der Waals surface area (Å²) in [5.41, 5.74) is 3.41. The quantitative estimate of drug-likeness (QED) is 0.893. The van der Waals surface area contributed by atoms with Gasteiger partial charge in [0.1, 0.15) is 0 Å². The van der Waals surface area contributed by atoms with Crippen LogP contribution in [0.25, 0.3) is 0 Å². The molecule has 2 aromatic rings. The van der Waals surface area contributed by atoms with E-state index in [0.29, 0.717) is 0 Å². The van der Waals surface area contributed by atoms with Crippen LogP contribution in [0.3, 0.4) is 0 Å². The van der Waals surface area contributed by atoms with Crippen LogP contribution in [0.2, 0.25) is 0 Å². The minimum Gasteiger partial charge on any atom is -0.494 e. The average molecular weight is 273 g/mol. The molecule has 2 aromatic carbocycles. The molecule has 0 amide bonds. The van der Waals surface area contributed by atoms with Gasteiger partial charge in [-0.1, -0.05) is 37.3 Å². The molecular formula is C17H20FNO. The smallest absolute Gasteiger partial charge is 0.165 e. The fourth-order valence-electron chi connectivity index (χ4n) is 2.38. The number of aryl methyl sites for hydroxylation is 1. The van der Waals surface area contributed by atoms with E-state index in [0.717, 1.165) is 12.1 Å². The molecule has 0 bridgehead atoms. The summed E-state index contributed by atoms with van der Waals surface area (Å²) >= 11 is 0. The zero-order valence-corrected chi connectivity index (χ0v) is 12.1. The van der Waals surface area contributed by atoms with E-state index >= 15 is 0 Å². The van der Waals surface area contributed by atoms with Crippen LogP contribution in [0.5, 0.6) is 5.75 Å². The Morgan fingerprint density at radius 3 is 2.60 bits per heavy atom. The largest absolute Gasteiger partial charge is 0.494 e. The first-order valence-electron chi connectivity index (χ1n) is 6.79. The molecule has 0 aromatic heterocycles. The van der Waals surface area contributed by atoms with Crippen LogP contribution in [0.15, 0.2) is 42.5 Å². The highest BCUT2D eigenvalue weighted by atomic mass is 19.1. The maximum atomic E-state index is 13.6. The molecule has 0 saturated carbocycles. The first-order chi connectivity index (χ1) is 9.67. The van der Waals surface area contributed by atoms with E-state index in [2.05, 4.69) is 31.3 Å². The summed E-state index contributed by atoms with van der Waals surface area (Å²) in [7, 11) is 1.48. The van der Waals surface area contributed by atoms with Gasteiger partial charge in [0.25, 0.3) is 0 Å². The van der Waals surface area contributed by atoms with Crippen molar-refractivity contribution < 1.29 is 9.13 Å². The maximum Gasteiger partial charge on any atom is 0.165 e. The Bertz CT molecular complexity index is 583. The van der Waals surface area contributed by atoms with Gasteiger partial charge in [0, 0.05) is 0 Å². The molecule has 1 N–H and O–H groups in total. The Morgan fingerprint density at radius 2 is 1.95 bits per heavy atom. The number of nitrogens with one attached hydrogen (secondary N) is 1. The molecule has 0 aliphatic rings. The Morgan fingerprint density at radius 1 is 1.20 bits per heavy atom. The van der Waals surface area contributed by atoms with E-state index in [1.165, 1.54) is 24.3 Å². The van der Waals surface area contributed by atoms with Gasteiger partial charge in [-0.05, 0) is 42.3 Å². The lowest BCUT2D eigenvalue weighted by Gasteiger charge is -2.21. The third kappa shape index (κ3) is 2.99. The molecule has 0 heterocycles. The molecule has 0 aliphatic carbocycles. The van der Waals surface area contributed by atoms with E-state index in [9.17, 15) is 4.39 Å². The lowest BCUT2D eigenvalue weighted by molar-refractivity contribution is 0.385. The highest BCUT2D eigenvalue weighted by Crippen LogP contribution is 2.28. The molecule has 3 heteroatoms. The lowest BCUT2D eigenvalue weighted by atomic mass is 9.95. The van der Waals surface area contributed by atoms with Crippen molar-refractivity contribution in [2.75, 3.05) is 13.7 Å². The number of hydrogen-bond acceptors (Lipinski definition) is 2.